The highest BCUT2D eigenvalue weighted by atomic mass is 16.5. The van der Waals surface area contributed by atoms with Crippen molar-refractivity contribution in [2.24, 2.45) is 5.92 Å². The van der Waals surface area contributed by atoms with Gasteiger partial charge in [-0.25, -0.2) is 0 Å². The molecule has 0 aliphatic carbocycles. The first-order valence-corrected chi connectivity index (χ1v) is 5.07. The molecule has 88 valence electrons. The minimum atomic E-state index is -0.838. The highest BCUT2D eigenvalue weighted by Gasteiger charge is 2.10. The van der Waals surface area contributed by atoms with Crippen LogP contribution in [-0.2, 0) is 16.1 Å². The van der Waals surface area contributed by atoms with E-state index in [2.05, 4.69) is 0 Å². The average molecular weight is 224 g/mol. The first-order valence-electron chi connectivity index (χ1n) is 5.07. The van der Waals surface area contributed by atoms with Gasteiger partial charge in [0.25, 0.3) is 0 Å². The van der Waals surface area contributed by atoms with E-state index >= 15 is 0 Å². The van der Waals surface area contributed by atoms with E-state index < -0.39 is 11.9 Å². The SMILES string of the molecule is COc1ccc(COC[C@H](C)C(=O)O)cc1. The lowest BCUT2D eigenvalue weighted by molar-refractivity contribution is -0.143. The van der Waals surface area contributed by atoms with E-state index in [-0.39, 0.29) is 6.61 Å². The van der Waals surface area contributed by atoms with E-state index in [1.54, 1.807) is 14.0 Å². The molecule has 0 saturated carbocycles. The summed E-state index contributed by atoms with van der Waals surface area (Å²) in [5.74, 6) is -0.518. The van der Waals surface area contributed by atoms with Gasteiger partial charge in [-0.2, -0.15) is 0 Å². The number of hydrogen-bond donors (Lipinski definition) is 1. The summed E-state index contributed by atoms with van der Waals surface area (Å²) in [6.07, 6.45) is 0. The summed E-state index contributed by atoms with van der Waals surface area (Å²) in [5.41, 5.74) is 0.999. The summed E-state index contributed by atoms with van der Waals surface area (Å²) >= 11 is 0. The fourth-order valence-electron chi connectivity index (χ4n) is 1.15. The van der Waals surface area contributed by atoms with E-state index in [0.717, 1.165) is 11.3 Å². The Kier molecular flexibility index (Phi) is 4.79. The van der Waals surface area contributed by atoms with Crippen LogP contribution in [0.3, 0.4) is 0 Å². The lowest BCUT2D eigenvalue weighted by atomic mass is 10.2. The lowest BCUT2D eigenvalue weighted by Gasteiger charge is -2.08. The fraction of sp³-hybridized carbons (Fsp3) is 0.417. The molecular formula is C12H16O4. The maximum absolute atomic E-state index is 10.5. The molecule has 4 heteroatoms. The normalized spacial score (nSPS) is 12.1. The predicted molar refractivity (Wildman–Crippen MR) is 59.4 cm³/mol. The maximum Gasteiger partial charge on any atom is 0.308 e. The molecular weight excluding hydrogens is 208 g/mol. The number of rotatable bonds is 6. The number of ether oxygens (including phenoxy) is 2. The van der Waals surface area contributed by atoms with Gasteiger partial charge in [0.2, 0.25) is 0 Å². The van der Waals surface area contributed by atoms with Gasteiger partial charge in [0, 0.05) is 0 Å². The largest absolute Gasteiger partial charge is 0.497 e. The summed E-state index contributed by atoms with van der Waals surface area (Å²) < 4.78 is 10.3. The quantitative estimate of drug-likeness (QED) is 0.802. The number of carbonyl (C=O) groups is 1. The highest BCUT2D eigenvalue weighted by Crippen LogP contribution is 2.12. The molecule has 0 bridgehead atoms. The van der Waals surface area contributed by atoms with Gasteiger partial charge >= 0.3 is 5.97 Å². The molecule has 0 fully saturated rings. The number of hydrogen-bond acceptors (Lipinski definition) is 3. The number of carboxylic acids is 1. The summed E-state index contributed by atoms with van der Waals surface area (Å²) in [5, 5.41) is 8.65. The molecule has 0 aliphatic heterocycles. The fourth-order valence-corrected chi connectivity index (χ4v) is 1.15. The minimum Gasteiger partial charge on any atom is -0.497 e. The van der Waals surface area contributed by atoms with Gasteiger partial charge < -0.3 is 14.6 Å². The van der Waals surface area contributed by atoms with Crippen molar-refractivity contribution in [1.29, 1.82) is 0 Å². The van der Waals surface area contributed by atoms with Crippen LogP contribution in [0.1, 0.15) is 12.5 Å². The van der Waals surface area contributed by atoms with Crippen LogP contribution in [0.2, 0.25) is 0 Å². The van der Waals surface area contributed by atoms with E-state index in [1.165, 1.54) is 0 Å². The first kappa shape index (κ1) is 12.5. The molecule has 0 aliphatic rings. The van der Waals surface area contributed by atoms with Crippen LogP contribution in [0.25, 0.3) is 0 Å². The predicted octanol–water partition coefficient (Wildman–Crippen LogP) is 1.93. The van der Waals surface area contributed by atoms with Crippen molar-refractivity contribution in [2.75, 3.05) is 13.7 Å². The summed E-state index contributed by atoms with van der Waals surface area (Å²) in [6.45, 7) is 2.26. The zero-order valence-corrected chi connectivity index (χ0v) is 9.47. The highest BCUT2D eigenvalue weighted by molar-refractivity contribution is 5.69. The third-order valence-electron chi connectivity index (χ3n) is 2.22. The summed E-state index contributed by atoms with van der Waals surface area (Å²) in [4.78, 5) is 10.5. The molecule has 1 aromatic carbocycles. The minimum absolute atomic E-state index is 0.224. The maximum atomic E-state index is 10.5. The van der Waals surface area contributed by atoms with Crippen molar-refractivity contribution < 1.29 is 19.4 Å². The van der Waals surface area contributed by atoms with E-state index in [1.807, 2.05) is 24.3 Å². The van der Waals surface area contributed by atoms with E-state index in [4.69, 9.17) is 14.6 Å². The third-order valence-corrected chi connectivity index (χ3v) is 2.22. The van der Waals surface area contributed by atoms with E-state index in [0.29, 0.717) is 6.61 Å². The average Bonchev–Trinajstić information content (AvgIpc) is 2.29. The van der Waals surface area contributed by atoms with Crippen LogP contribution in [0.5, 0.6) is 5.75 Å². The molecule has 0 heterocycles. The van der Waals surface area contributed by atoms with Crippen LogP contribution >= 0.6 is 0 Å². The molecule has 1 N–H and O–H groups in total. The number of methoxy groups -OCH3 is 1. The van der Waals surface area contributed by atoms with Crippen LogP contribution < -0.4 is 4.74 Å². The smallest absolute Gasteiger partial charge is 0.308 e. The van der Waals surface area contributed by atoms with Crippen LogP contribution in [0.4, 0.5) is 0 Å². The van der Waals surface area contributed by atoms with Crippen molar-refractivity contribution in [3.8, 4) is 5.75 Å². The molecule has 4 nitrogen and oxygen atoms in total. The van der Waals surface area contributed by atoms with Crippen molar-refractivity contribution in [2.45, 2.75) is 13.5 Å². The molecule has 1 rings (SSSR count). The Balaban J connectivity index is 2.34. The zero-order chi connectivity index (χ0) is 12.0. The van der Waals surface area contributed by atoms with Crippen molar-refractivity contribution >= 4 is 5.97 Å². The second-order valence-corrected chi connectivity index (χ2v) is 3.60. The monoisotopic (exact) mass is 224 g/mol. The van der Waals surface area contributed by atoms with Gasteiger partial charge in [-0.3, -0.25) is 4.79 Å². The summed E-state index contributed by atoms with van der Waals surface area (Å²) in [7, 11) is 1.61. The molecule has 1 atom stereocenters. The Morgan fingerprint density at radius 3 is 2.50 bits per heavy atom. The van der Waals surface area contributed by atoms with Gasteiger partial charge in [0.05, 0.1) is 26.2 Å². The van der Waals surface area contributed by atoms with Crippen molar-refractivity contribution in [3.05, 3.63) is 29.8 Å². The molecule has 16 heavy (non-hydrogen) atoms. The van der Waals surface area contributed by atoms with Crippen molar-refractivity contribution in [1.82, 2.24) is 0 Å². The Labute approximate surface area is 94.8 Å². The number of benzene rings is 1. The molecule has 0 spiro atoms. The Morgan fingerprint density at radius 2 is 2.00 bits per heavy atom. The van der Waals surface area contributed by atoms with Gasteiger partial charge in [-0.1, -0.05) is 12.1 Å². The molecule has 0 radical (unpaired) electrons. The Morgan fingerprint density at radius 1 is 1.38 bits per heavy atom. The van der Waals surface area contributed by atoms with Crippen LogP contribution in [0, 0.1) is 5.92 Å². The molecule has 1 aromatic rings. The van der Waals surface area contributed by atoms with Crippen LogP contribution in [0.15, 0.2) is 24.3 Å². The molecule has 0 aromatic heterocycles. The van der Waals surface area contributed by atoms with Gasteiger partial charge in [-0.15, -0.1) is 0 Å². The molecule has 0 saturated heterocycles. The van der Waals surface area contributed by atoms with E-state index in [9.17, 15) is 4.79 Å². The second-order valence-electron chi connectivity index (χ2n) is 3.60. The number of aliphatic carboxylic acids is 1. The Bertz CT molecular complexity index is 331. The topological polar surface area (TPSA) is 55.8 Å². The third kappa shape index (κ3) is 3.90. The standard InChI is InChI=1S/C12H16O4/c1-9(12(13)14)7-16-8-10-3-5-11(15-2)6-4-10/h3-6,9H,7-8H2,1-2H3,(H,13,14)/t9-/m0/s1. The van der Waals surface area contributed by atoms with Crippen LogP contribution in [-0.4, -0.2) is 24.8 Å². The zero-order valence-electron chi connectivity index (χ0n) is 9.47. The lowest BCUT2D eigenvalue weighted by Crippen LogP contribution is -2.15. The molecule has 0 amide bonds. The number of carboxylic acid groups (broad SMARTS) is 1. The summed E-state index contributed by atoms with van der Waals surface area (Å²) in [6, 6.07) is 7.48. The first-order chi connectivity index (χ1) is 7.63. The van der Waals surface area contributed by atoms with Gasteiger partial charge in [0.15, 0.2) is 0 Å². The second kappa shape index (κ2) is 6.12. The Hall–Kier alpha value is -1.55. The molecule has 0 unspecified atom stereocenters. The van der Waals surface area contributed by atoms with Crippen molar-refractivity contribution in [3.63, 3.8) is 0 Å². The van der Waals surface area contributed by atoms with Gasteiger partial charge in [0.1, 0.15) is 5.75 Å². The van der Waals surface area contributed by atoms with Gasteiger partial charge in [-0.05, 0) is 24.6 Å².